The number of phenols is 1. The molecule has 3 aromatic carbocycles. The molecule has 0 aliphatic heterocycles. The Balaban J connectivity index is 1.52. The van der Waals surface area contributed by atoms with Gasteiger partial charge >= 0.3 is 0 Å². The van der Waals surface area contributed by atoms with Gasteiger partial charge in [0.05, 0.1) is 13.3 Å². The van der Waals surface area contributed by atoms with Crippen LogP contribution in [-0.4, -0.2) is 22.4 Å². The lowest BCUT2D eigenvalue weighted by molar-refractivity contribution is 0.304. The molecule has 0 atom stereocenters. The fourth-order valence-electron chi connectivity index (χ4n) is 2.93. The first-order valence-electron chi connectivity index (χ1n) is 9.19. The van der Waals surface area contributed by atoms with Crippen molar-refractivity contribution in [1.82, 2.24) is 10.2 Å². The Morgan fingerprint density at radius 3 is 2.60 bits per heavy atom. The summed E-state index contributed by atoms with van der Waals surface area (Å²) in [4.78, 5) is 0. The van der Waals surface area contributed by atoms with Crippen molar-refractivity contribution in [1.29, 1.82) is 0 Å². The molecular formula is C23H19ClN2O4. The van der Waals surface area contributed by atoms with Gasteiger partial charge in [0.1, 0.15) is 35.3 Å². The molecule has 0 aliphatic carbocycles. The van der Waals surface area contributed by atoms with Crippen LogP contribution in [-0.2, 0) is 6.61 Å². The Morgan fingerprint density at radius 1 is 0.967 bits per heavy atom. The molecule has 30 heavy (non-hydrogen) atoms. The number of hydrogen-bond donors (Lipinski definition) is 2. The fourth-order valence-corrected chi connectivity index (χ4v) is 3.12. The molecule has 0 fully saturated rings. The highest BCUT2D eigenvalue weighted by atomic mass is 35.5. The molecule has 1 heterocycles. The van der Waals surface area contributed by atoms with E-state index < -0.39 is 0 Å². The zero-order valence-electron chi connectivity index (χ0n) is 16.1. The second kappa shape index (κ2) is 8.80. The van der Waals surface area contributed by atoms with Crippen LogP contribution >= 0.6 is 11.6 Å². The number of H-pyrrole nitrogens is 1. The smallest absolute Gasteiger partial charge is 0.173 e. The molecule has 152 valence electrons. The molecule has 0 radical (unpaired) electrons. The van der Waals surface area contributed by atoms with Gasteiger partial charge in [-0.25, -0.2) is 0 Å². The Bertz CT molecular complexity index is 1160. The first-order chi connectivity index (χ1) is 14.6. The number of benzene rings is 3. The van der Waals surface area contributed by atoms with E-state index >= 15 is 0 Å². The average molecular weight is 423 g/mol. The van der Waals surface area contributed by atoms with Gasteiger partial charge in [-0.3, -0.25) is 5.10 Å². The Kier molecular flexibility index (Phi) is 5.77. The lowest BCUT2D eigenvalue weighted by Gasteiger charge is -2.11. The summed E-state index contributed by atoms with van der Waals surface area (Å²) in [6, 6.07) is 19.7. The molecular weight excluding hydrogens is 404 g/mol. The zero-order valence-corrected chi connectivity index (χ0v) is 16.9. The van der Waals surface area contributed by atoms with Crippen LogP contribution in [0.15, 0.2) is 72.9 Å². The van der Waals surface area contributed by atoms with Crippen molar-refractivity contribution in [3.63, 3.8) is 0 Å². The van der Waals surface area contributed by atoms with E-state index in [1.807, 2.05) is 42.5 Å². The highest BCUT2D eigenvalue weighted by Crippen LogP contribution is 2.38. The van der Waals surface area contributed by atoms with Crippen LogP contribution in [0.3, 0.4) is 0 Å². The van der Waals surface area contributed by atoms with E-state index in [-0.39, 0.29) is 5.75 Å². The van der Waals surface area contributed by atoms with E-state index in [1.165, 1.54) is 0 Å². The van der Waals surface area contributed by atoms with Gasteiger partial charge in [-0.15, -0.1) is 0 Å². The summed E-state index contributed by atoms with van der Waals surface area (Å²) in [5, 5.41) is 18.1. The maximum Gasteiger partial charge on any atom is 0.173 e. The molecule has 4 aromatic rings. The van der Waals surface area contributed by atoms with Crippen molar-refractivity contribution in [3.05, 3.63) is 83.5 Å². The van der Waals surface area contributed by atoms with E-state index in [0.29, 0.717) is 45.9 Å². The minimum atomic E-state index is 0.0337. The summed E-state index contributed by atoms with van der Waals surface area (Å²) in [6.45, 7) is 0.298. The molecule has 0 bridgehead atoms. The first kappa shape index (κ1) is 19.7. The summed E-state index contributed by atoms with van der Waals surface area (Å²) >= 11 is 6.16. The molecule has 0 saturated heterocycles. The van der Waals surface area contributed by atoms with Crippen LogP contribution in [0.1, 0.15) is 5.56 Å². The number of nitrogens with one attached hydrogen (secondary N) is 1. The topological polar surface area (TPSA) is 76.6 Å². The van der Waals surface area contributed by atoms with Crippen LogP contribution < -0.4 is 14.2 Å². The summed E-state index contributed by atoms with van der Waals surface area (Å²) in [7, 11) is 1.59. The van der Waals surface area contributed by atoms with Crippen LogP contribution in [0.5, 0.6) is 28.7 Å². The molecule has 0 unspecified atom stereocenters. The largest absolute Gasteiger partial charge is 0.507 e. The van der Waals surface area contributed by atoms with Gasteiger partial charge in [0.25, 0.3) is 0 Å². The van der Waals surface area contributed by atoms with Crippen molar-refractivity contribution >= 4 is 11.6 Å². The zero-order chi connectivity index (χ0) is 20.9. The molecule has 6 nitrogen and oxygen atoms in total. The number of aromatic hydroxyl groups is 1. The first-order valence-corrected chi connectivity index (χ1v) is 9.56. The number of nitrogens with zero attached hydrogens (tertiary/aromatic N) is 1. The van der Waals surface area contributed by atoms with Crippen LogP contribution in [0.2, 0.25) is 5.02 Å². The predicted molar refractivity (Wildman–Crippen MR) is 115 cm³/mol. The van der Waals surface area contributed by atoms with Crippen molar-refractivity contribution in [3.8, 4) is 40.0 Å². The van der Waals surface area contributed by atoms with Crippen molar-refractivity contribution in [2.24, 2.45) is 0 Å². The standard InChI is InChI=1S/C23H19ClN2O4/c1-28-16-6-4-7-18(11-16)30-22-13-25-26-23(22)19-10-9-17(12-21(19)27)29-14-15-5-2-3-8-20(15)24/h2-13,27H,14H2,1H3,(H,25,26). The molecule has 0 aliphatic rings. The number of phenolic OH excluding ortho intramolecular Hbond substituents is 1. The molecule has 1 aromatic heterocycles. The second-order valence-corrected chi connectivity index (χ2v) is 6.86. The maximum absolute atomic E-state index is 10.6. The Hall–Kier alpha value is -3.64. The number of aromatic nitrogens is 2. The van der Waals surface area contributed by atoms with Gasteiger partial charge < -0.3 is 19.3 Å². The third kappa shape index (κ3) is 4.34. The van der Waals surface area contributed by atoms with Crippen LogP contribution in [0.4, 0.5) is 0 Å². The Morgan fingerprint density at radius 2 is 1.80 bits per heavy atom. The molecule has 0 spiro atoms. The van der Waals surface area contributed by atoms with Gasteiger partial charge in [-0.05, 0) is 30.3 Å². The highest BCUT2D eigenvalue weighted by molar-refractivity contribution is 6.31. The van der Waals surface area contributed by atoms with Crippen molar-refractivity contribution in [2.45, 2.75) is 6.61 Å². The molecule has 7 heteroatoms. The average Bonchev–Trinajstić information content (AvgIpc) is 3.21. The van der Waals surface area contributed by atoms with Gasteiger partial charge in [-0.1, -0.05) is 35.9 Å². The quantitative estimate of drug-likeness (QED) is 0.392. The van der Waals surface area contributed by atoms with Crippen LogP contribution in [0, 0.1) is 0 Å². The maximum atomic E-state index is 10.6. The predicted octanol–water partition coefficient (Wildman–Crippen LogP) is 5.82. The number of hydrogen-bond acceptors (Lipinski definition) is 5. The van der Waals surface area contributed by atoms with E-state index in [2.05, 4.69) is 10.2 Å². The number of methoxy groups -OCH3 is 1. The van der Waals surface area contributed by atoms with E-state index in [1.54, 1.807) is 37.6 Å². The van der Waals surface area contributed by atoms with Gasteiger partial charge in [-0.2, -0.15) is 5.10 Å². The van der Waals surface area contributed by atoms with Gasteiger partial charge in [0.15, 0.2) is 5.75 Å². The van der Waals surface area contributed by atoms with Crippen LogP contribution in [0.25, 0.3) is 11.3 Å². The second-order valence-electron chi connectivity index (χ2n) is 6.45. The summed E-state index contributed by atoms with van der Waals surface area (Å²) < 4.78 is 16.9. The monoisotopic (exact) mass is 422 g/mol. The lowest BCUT2D eigenvalue weighted by Crippen LogP contribution is -1.96. The molecule has 4 rings (SSSR count). The summed E-state index contributed by atoms with van der Waals surface area (Å²) in [6.07, 6.45) is 1.55. The normalized spacial score (nSPS) is 10.6. The highest BCUT2D eigenvalue weighted by Gasteiger charge is 2.15. The number of rotatable bonds is 7. The van der Waals surface area contributed by atoms with Crippen molar-refractivity contribution in [2.75, 3.05) is 7.11 Å². The SMILES string of the molecule is COc1cccc(Oc2cn[nH]c2-c2ccc(OCc3ccccc3Cl)cc2O)c1. The summed E-state index contributed by atoms with van der Waals surface area (Å²) in [5.41, 5.74) is 1.95. The van der Waals surface area contributed by atoms with Crippen molar-refractivity contribution < 1.29 is 19.3 Å². The van der Waals surface area contributed by atoms with E-state index in [0.717, 1.165) is 5.56 Å². The minimum absolute atomic E-state index is 0.0337. The number of ether oxygens (including phenoxy) is 3. The van der Waals surface area contributed by atoms with E-state index in [4.69, 9.17) is 25.8 Å². The van der Waals surface area contributed by atoms with Gasteiger partial charge in [0.2, 0.25) is 0 Å². The number of aromatic amines is 1. The fraction of sp³-hybridized carbons (Fsp3) is 0.0870. The third-order valence-corrected chi connectivity index (χ3v) is 4.83. The number of halogens is 1. The lowest BCUT2D eigenvalue weighted by atomic mass is 10.1. The van der Waals surface area contributed by atoms with E-state index in [9.17, 15) is 5.11 Å². The molecule has 0 saturated carbocycles. The summed E-state index contributed by atoms with van der Waals surface area (Å²) in [5.74, 6) is 2.30. The minimum Gasteiger partial charge on any atom is -0.507 e. The van der Waals surface area contributed by atoms with Gasteiger partial charge in [0, 0.05) is 28.3 Å². The third-order valence-electron chi connectivity index (χ3n) is 4.46. The molecule has 0 amide bonds. The Labute approximate surface area is 178 Å². The molecule has 2 N–H and O–H groups in total.